The molecule has 9 nitrogen and oxygen atoms in total. The first-order valence-electron chi connectivity index (χ1n) is 8.68. The summed E-state index contributed by atoms with van der Waals surface area (Å²) in [6, 6.07) is 3.61. The second-order valence-corrected chi connectivity index (χ2v) is 6.73. The van der Waals surface area contributed by atoms with Gasteiger partial charge in [0.15, 0.2) is 0 Å². The molecule has 0 spiro atoms. The van der Waals surface area contributed by atoms with Gasteiger partial charge in [-0.05, 0) is 54.6 Å². The molecule has 1 unspecified atom stereocenters. The first kappa shape index (κ1) is 18.3. The number of aromatic nitrogens is 4. The van der Waals surface area contributed by atoms with Gasteiger partial charge in [0, 0.05) is 31.2 Å². The van der Waals surface area contributed by atoms with Crippen LogP contribution in [0.4, 0.5) is 10.5 Å². The molecule has 140 valence electrons. The molecule has 2 aromatic rings. The molecular formula is C17H25N7O2. The second-order valence-electron chi connectivity index (χ2n) is 6.73. The first-order chi connectivity index (χ1) is 12.5. The molecule has 1 aromatic carbocycles. The predicted molar refractivity (Wildman–Crippen MR) is 97.5 cm³/mol. The van der Waals surface area contributed by atoms with Crippen molar-refractivity contribution >= 4 is 11.7 Å². The van der Waals surface area contributed by atoms with Crippen LogP contribution in [0.25, 0.3) is 5.69 Å². The van der Waals surface area contributed by atoms with Gasteiger partial charge in [-0.1, -0.05) is 0 Å². The van der Waals surface area contributed by atoms with E-state index in [9.17, 15) is 4.79 Å². The number of amides is 2. The number of tetrazole rings is 1. The van der Waals surface area contributed by atoms with Crippen LogP contribution in [-0.2, 0) is 4.74 Å². The number of benzene rings is 1. The van der Waals surface area contributed by atoms with Crippen molar-refractivity contribution in [2.45, 2.75) is 13.8 Å². The molecule has 26 heavy (non-hydrogen) atoms. The molecule has 2 heterocycles. The molecule has 1 saturated heterocycles. The highest BCUT2D eigenvalue weighted by molar-refractivity contribution is 5.90. The summed E-state index contributed by atoms with van der Waals surface area (Å²) >= 11 is 0. The lowest BCUT2D eigenvalue weighted by Gasteiger charge is -2.20. The molecule has 0 saturated carbocycles. The van der Waals surface area contributed by atoms with Gasteiger partial charge < -0.3 is 20.3 Å². The fourth-order valence-electron chi connectivity index (χ4n) is 2.96. The molecule has 1 aliphatic heterocycles. The average molecular weight is 359 g/mol. The molecule has 1 atom stereocenters. The van der Waals surface area contributed by atoms with E-state index in [0.29, 0.717) is 13.2 Å². The third-order valence-corrected chi connectivity index (χ3v) is 4.61. The second kappa shape index (κ2) is 8.24. The molecule has 0 radical (unpaired) electrons. The monoisotopic (exact) mass is 359 g/mol. The lowest BCUT2D eigenvalue weighted by Crippen LogP contribution is -2.38. The van der Waals surface area contributed by atoms with Crippen molar-refractivity contribution in [3.8, 4) is 5.69 Å². The zero-order chi connectivity index (χ0) is 18.5. The van der Waals surface area contributed by atoms with Crippen LogP contribution in [-0.4, -0.2) is 71.0 Å². The maximum atomic E-state index is 12.4. The van der Waals surface area contributed by atoms with Crippen LogP contribution >= 0.6 is 0 Å². The van der Waals surface area contributed by atoms with E-state index in [4.69, 9.17) is 4.74 Å². The average Bonchev–Trinajstić information content (AvgIpc) is 3.06. The first-order valence-corrected chi connectivity index (χ1v) is 8.68. The minimum absolute atomic E-state index is 0.228. The predicted octanol–water partition coefficient (Wildman–Crippen LogP) is 0.979. The van der Waals surface area contributed by atoms with Crippen molar-refractivity contribution in [3.05, 3.63) is 29.6 Å². The van der Waals surface area contributed by atoms with Gasteiger partial charge in [-0.3, -0.25) is 0 Å². The summed E-state index contributed by atoms with van der Waals surface area (Å²) in [4.78, 5) is 14.6. The summed E-state index contributed by atoms with van der Waals surface area (Å²) in [5.41, 5.74) is 3.59. The molecular weight excluding hydrogens is 334 g/mol. The van der Waals surface area contributed by atoms with E-state index in [-0.39, 0.29) is 11.9 Å². The van der Waals surface area contributed by atoms with Gasteiger partial charge in [-0.25, -0.2) is 9.48 Å². The van der Waals surface area contributed by atoms with Gasteiger partial charge in [-0.2, -0.15) is 0 Å². The molecule has 1 aliphatic rings. The molecule has 1 aromatic heterocycles. The normalized spacial score (nSPS) is 18.3. The van der Waals surface area contributed by atoms with Crippen LogP contribution in [0.5, 0.6) is 0 Å². The topological polar surface area (TPSA) is 97.2 Å². The number of nitrogens with zero attached hydrogens (tertiary/aromatic N) is 5. The van der Waals surface area contributed by atoms with Crippen LogP contribution in [0, 0.1) is 19.8 Å². The summed E-state index contributed by atoms with van der Waals surface area (Å²) in [6.07, 6.45) is 1.52. The minimum atomic E-state index is -0.228. The zero-order valence-corrected chi connectivity index (χ0v) is 15.4. The van der Waals surface area contributed by atoms with Gasteiger partial charge in [0.25, 0.3) is 0 Å². The van der Waals surface area contributed by atoms with Gasteiger partial charge >= 0.3 is 6.03 Å². The molecule has 0 bridgehead atoms. The van der Waals surface area contributed by atoms with Gasteiger partial charge in [0.2, 0.25) is 0 Å². The quantitative estimate of drug-likeness (QED) is 0.845. The lowest BCUT2D eigenvalue weighted by molar-refractivity contribution is 0.122. The van der Waals surface area contributed by atoms with Gasteiger partial charge in [0.1, 0.15) is 6.33 Å². The largest absolute Gasteiger partial charge is 0.380 e. The highest BCUT2D eigenvalue weighted by atomic mass is 16.5. The van der Waals surface area contributed by atoms with Crippen LogP contribution in [0.1, 0.15) is 11.1 Å². The SMILES string of the molecule is Cc1cc(-n2cnnn2)cc(NC(=O)NCC2COCCN(C)C2)c1C. The fraction of sp³-hybridized carbons (Fsp3) is 0.529. The number of hydrogen-bond acceptors (Lipinski definition) is 6. The fourth-order valence-corrected chi connectivity index (χ4v) is 2.96. The van der Waals surface area contributed by atoms with E-state index >= 15 is 0 Å². The Balaban J connectivity index is 1.63. The number of nitrogens with one attached hydrogen (secondary N) is 2. The Morgan fingerprint density at radius 2 is 2.23 bits per heavy atom. The Kier molecular flexibility index (Phi) is 5.79. The maximum Gasteiger partial charge on any atom is 0.319 e. The summed E-state index contributed by atoms with van der Waals surface area (Å²) in [5.74, 6) is 0.281. The van der Waals surface area contributed by atoms with Crippen molar-refractivity contribution < 1.29 is 9.53 Å². The highest BCUT2D eigenvalue weighted by Crippen LogP contribution is 2.23. The third-order valence-electron chi connectivity index (χ3n) is 4.61. The molecule has 2 amide bonds. The summed E-state index contributed by atoms with van der Waals surface area (Å²) in [7, 11) is 2.07. The molecule has 1 fully saturated rings. The van der Waals surface area contributed by atoms with Crippen molar-refractivity contribution in [2.24, 2.45) is 5.92 Å². The molecule has 3 rings (SSSR count). The Morgan fingerprint density at radius 3 is 3.00 bits per heavy atom. The van der Waals surface area contributed by atoms with Gasteiger partial charge in [-0.15, -0.1) is 5.10 Å². The van der Waals surface area contributed by atoms with Crippen molar-refractivity contribution in [1.82, 2.24) is 30.4 Å². The Hall–Kier alpha value is -2.52. The Morgan fingerprint density at radius 1 is 1.38 bits per heavy atom. The lowest BCUT2D eigenvalue weighted by atomic mass is 10.1. The van der Waals surface area contributed by atoms with E-state index in [0.717, 1.165) is 42.2 Å². The van der Waals surface area contributed by atoms with E-state index in [1.807, 2.05) is 26.0 Å². The van der Waals surface area contributed by atoms with Crippen LogP contribution < -0.4 is 10.6 Å². The number of likely N-dealkylation sites (N-methyl/N-ethyl adjacent to an activating group) is 1. The number of carbonyl (C=O) groups excluding carboxylic acids is 1. The number of urea groups is 1. The summed E-state index contributed by atoms with van der Waals surface area (Å²) < 4.78 is 7.15. The van der Waals surface area contributed by atoms with Gasteiger partial charge in [0.05, 0.1) is 18.9 Å². The van der Waals surface area contributed by atoms with Crippen molar-refractivity contribution in [3.63, 3.8) is 0 Å². The molecule has 2 N–H and O–H groups in total. The van der Waals surface area contributed by atoms with Crippen LogP contribution in [0.15, 0.2) is 18.5 Å². The number of ether oxygens (including phenoxy) is 1. The van der Waals surface area contributed by atoms with E-state index in [1.54, 1.807) is 4.68 Å². The Bertz CT molecular complexity index is 748. The van der Waals surface area contributed by atoms with Crippen molar-refractivity contribution in [1.29, 1.82) is 0 Å². The van der Waals surface area contributed by atoms with Crippen LogP contribution in [0.3, 0.4) is 0 Å². The number of rotatable bonds is 4. The smallest absolute Gasteiger partial charge is 0.319 e. The van der Waals surface area contributed by atoms with Crippen LogP contribution in [0.2, 0.25) is 0 Å². The maximum absolute atomic E-state index is 12.4. The number of aryl methyl sites for hydroxylation is 1. The number of anilines is 1. The van der Waals surface area contributed by atoms with E-state index < -0.39 is 0 Å². The third kappa shape index (κ3) is 4.55. The number of carbonyl (C=O) groups is 1. The number of hydrogen-bond donors (Lipinski definition) is 2. The standard InChI is InChI=1S/C17H25N7O2/c1-12-6-15(24-11-19-21-22-24)7-16(13(12)2)20-17(25)18-8-14-9-23(3)4-5-26-10-14/h6-7,11,14H,4-5,8-10H2,1-3H3,(H2,18,20,25). The summed E-state index contributed by atoms with van der Waals surface area (Å²) in [6.45, 7) is 7.77. The highest BCUT2D eigenvalue weighted by Gasteiger charge is 2.17. The van der Waals surface area contributed by atoms with E-state index in [1.165, 1.54) is 6.33 Å². The minimum Gasteiger partial charge on any atom is -0.380 e. The zero-order valence-electron chi connectivity index (χ0n) is 15.4. The Labute approximate surface area is 152 Å². The van der Waals surface area contributed by atoms with E-state index in [2.05, 4.69) is 38.1 Å². The summed E-state index contributed by atoms with van der Waals surface area (Å²) in [5, 5.41) is 17.1. The molecule has 0 aliphatic carbocycles. The molecule has 9 heteroatoms. The van der Waals surface area contributed by atoms with Crippen molar-refractivity contribution in [2.75, 3.05) is 45.2 Å².